The predicted molar refractivity (Wildman–Crippen MR) is 107 cm³/mol. The van der Waals surface area contributed by atoms with E-state index in [9.17, 15) is 15.0 Å². The molecule has 1 heterocycles. The van der Waals surface area contributed by atoms with Gasteiger partial charge in [-0.15, -0.1) is 0 Å². The summed E-state index contributed by atoms with van der Waals surface area (Å²) in [5, 5.41) is 18.9. The molecule has 1 atom stereocenters. The molecular weight excluding hydrogens is 340 g/mol. The monoisotopic (exact) mass is 370 g/mol. The Morgan fingerprint density at radius 1 is 1.11 bits per heavy atom. The fourth-order valence-electron chi connectivity index (χ4n) is 3.13. The molecule has 0 unspecified atom stereocenters. The maximum atomic E-state index is 12.2. The van der Waals surface area contributed by atoms with Gasteiger partial charge in [-0.1, -0.05) is 35.4 Å². The summed E-state index contributed by atoms with van der Waals surface area (Å²) < 4.78 is 5.50. The molecule has 27 heavy (non-hydrogen) atoms. The smallest absolute Gasteiger partial charge is 0.334 e. The maximum Gasteiger partial charge on any atom is 0.334 e. The standard InChI is InChI=1S/C23H30O4/c1-16(2)6-4-7-17(3)8-5-9-19-13-22(27-23(19)26)21-12-18(14-24)10-11-20(21)15-25/h6,8,10-13,22,24-25H,4-5,7,9,14-15H2,1-3H3/b17-8+/t22-/m1/s1. The van der Waals surface area contributed by atoms with Gasteiger partial charge in [0.1, 0.15) is 6.10 Å². The Kier molecular flexibility index (Phi) is 8.01. The molecule has 2 rings (SSSR count). The molecule has 0 fully saturated rings. The summed E-state index contributed by atoms with van der Waals surface area (Å²) in [6.07, 6.45) is 9.28. The van der Waals surface area contributed by atoms with Crippen LogP contribution in [0.5, 0.6) is 0 Å². The van der Waals surface area contributed by atoms with Crippen LogP contribution in [0.2, 0.25) is 0 Å². The lowest BCUT2D eigenvalue weighted by Crippen LogP contribution is -2.06. The van der Waals surface area contributed by atoms with E-state index in [4.69, 9.17) is 4.74 Å². The molecule has 2 N–H and O–H groups in total. The topological polar surface area (TPSA) is 66.8 Å². The molecular formula is C23H30O4. The van der Waals surface area contributed by atoms with Crippen LogP contribution < -0.4 is 0 Å². The highest BCUT2D eigenvalue weighted by molar-refractivity contribution is 5.91. The summed E-state index contributed by atoms with van der Waals surface area (Å²) in [5.74, 6) is -0.297. The van der Waals surface area contributed by atoms with Gasteiger partial charge in [-0.2, -0.15) is 0 Å². The zero-order valence-corrected chi connectivity index (χ0v) is 16.5. The molecule has 0 aromatic heterocycles. The number of aliphatic hydroxyl groups excluding tert-OH is 2. The van der Waals surface area contributed by atoms with Gasteiger partial charge in [-0.3, -0.25) is 0 Å². The van der Waals surface area contributed by atoms with Crippen molar-refractivity contribution < 1.29 is 19.7 Å². The van der Waals surface area contributed by atoms with Crippen molar-refractivity contribution in [2.24, 2.45) is 0 Å². The maximum absolute atomic E-state index is 12.2. The van der Waals surface area contributed by atoms with Crippen molar-refractivity contribution >= 4 is 5.97 Å². The number of esters is 1. The number of aliphatic hydroxyl groups is 2. The first-order valence-corrected chi connectivity index (χ1v) is 9.48. The van der Waals surface area contributed by atoms with E-state index in [0.29, 0.717) is 17.6 Å². The normalized spacial score (nSPS) is 16.9. The van der Waals surface area contributed by atoms with E-state index in [-0.39, 0.29) is 19.2 Å². The zero-order valence-electron chi connectivity index (χ0n) is 16.5. The van der Waals surface area contributed by atoms with Crippen LogP contribution in [0.1, 0.15) is 69.2 Å². The Morgan fingerprint density at radius 3 is 2.56 bits per heavy atom. The van der Waals surface area contributed by atoms with Crippen LogP contribution in [0, 0.1) is 0 Å². The quantitative estimate of drug-likeness (QED) is 0.490. The molecule has 1 aliphatic heterocycles. The lowest BCUT2D eigenvalue weighted by atomic mass is 9.98. The molecule has 146 valence electrons. The minimum Gasteiger partial charge on any atom is -0.450 e. The third-order valence-electron chi connectivity index (χ3n) is 4.72. The predicted octanol–water partition coefficient (Wildman–Crippen LogP) is 4.67. The Bertz CT molecular complexity index is 752. The first-order valence-electron chi connectivity index (χ1n) is 9.48. The van der Waals surface area contributed by atoms with Gasteiger partial charge in [-0.25, -0.2) is 4.79 Å². The molecule has 0 amide bonds. The molecule has 4 heteroatoms. The van der Waals surface area contributed by atoms with Gasteiger partial charge in [0.05, 0.1) is 13.2 Å². The van der Waals surface area contributed by atoms with E-state index in [2.05, 4.69) is 32.9 Å². The highest BCUT2D eigenvalue weighted by Gasteiger charge is 2.27. The number of ether oxygens (including phenoxy) is 1. The fourth-order valence-corrected chi connectivity index (χ4v) is 3.13. The average molecular weight is 370 g/mol. The van der Waals surface area contributed by atoms with Gasteiger partial charge in [0.25, 0.3) is 0 Å². The van der Waals surface area contributed by atoms with Gasteiger partial charge < -0.3 is 14.9 Å². The van der Waals surface area contributed by atoms with Gasteiger partial charge in [0.2, 0.25) is 0 Å². The van der Waals surface area contributed by atoms with E-state index in [1.165, 1.54) is 11.1 Å². The summed E-state index contributed by atoms with van der Waals surface area (Å²) in [4.78, 5) is 12.2. The second-order valence-corrected chi connectivity index (χ2v) is 7.28. The van der Waals surface area contributed by atoms with Crippen LogP contribution in [0.4, 0.5) is 0 Å². The summed E-state index contributed by atoms with van der Waals surface area (Å²) >= 11 is 0. The largest absolute Gasteiger partial charge is 0.450 e. The molecule has 0 spiro atoms. The lowest BCUT2D eigenvalue weighted by Gasteiger charge is -2.14. The number of allylic oxidation sites excluding steroid dienone is 4. The van der Waals surface area contributed by atoms with E-state index in [1.54, 1.807) is 18.2 Å². The zero-order chi connectivity index (χ0) is 19.8. The number of benzene rings is 1. The Labute approximate surface area is 161 Å². The first-order chi connectivity index (χ1) is 12.9. The Balaban J connectivity index is 2.01. The lowest BCUT2D eigenvalue weighted by molar-refractivity contribution is -0.140. The van der Waals surface area contributed by atoms with Crippen molar-refractivity contribution in [2.45, 2.75) is 65.8 Å². The van der Waals surface area contributed by atoms with Crippen LogP contribution in [0.25, 0.3) is 0 Å². The number of cyclic esters (lactones) is 1. The van der Waals surface area contributed by atoms with E-state index >= 15 is 0 Å². The Hall–Kier alpha value is -2.17. The first kappa shape index (κ1) is 21.1. The van der Waals surface area contributed by atoms with Crippen LogP contribution in [0.15, 0.2) is 53.1 Å². The highest BCUT2D eigenvalue weighted by atomic mass is 16.5. The third kappa shape index (κ3) is 6.19. The number of carbonyl (C=O) groups excluding carboxylic acids is 1. The van der Waals surface area contributed by atoms with Crippen molar-refractivity contribution in [3.63, 3.8) is 0 Å². The third-order valence-corrected chi connectivity index (χ3v) is 4.72. The van der Waals surface area contributed by atoms with Gasteiger partial charge in [0, 0.05) is 11.1 Å². The minimum atomic E-state index is -0.496. The van der Waals surface area contributed by atoms with E-state index in [1.807, 2.05) is 6.08 Å². The SMILES string of the molecule is CC(C)=CCC/C(C)=C/CCC1=C[C@H](c2cc(CO)ccc2CO)OC1=O. The molecule has 0 aliphatic carbocycles. The van der Waals surface area contributed by atoms with Crippen LogP contribution in [0.3, 0.4) is 0 Å². The Morgan fingerprint density at radius 2 is 1.89 bits per heavy atom. The van der Waals surface area contributed by atoms with Crippen molar-refractivity contribution in [3.05, 3.63) is 69.8 Å². The summed E-state index contributed by atoms with van der Waals surface area (Å²) in [6.45, 7) is 6.10. The van der Waals surface area contributed by atoms with Crippen LogP contribution in [-0.4, -0.2) is 16.2 Å². The van der Waals surface area contributed by atoms with Gasteiger partial charge >= 0.3 is 5.97 Å². The second-order valence-electron chi connectivity index (χ2n) is 7.28. The van der Waals surface area contributed by atoms with Crippen LogP contribution in [-0.2, 0) is 22.7 Å². The number of hydrogen-bond acceptors (Lipinski definition) is 4. The van der Waals surface area contributed by atoms with Gasteiger partial charge in [-0.05, 0) is 69.7 Å². The molecule has 0 saturated heterocycles. The number of hydrogen-bond donors (Lipinski definition) is 2. The summed E-state index contributed by atoms with van der Waals surface area (Å²) in [7, 11) is 0. The molecule has 0 radical (unpaired) electrons. The molecule has 4 nitrogen and oxygen atoms in total. The van der Waals surface area contributed by atoms with E-state index < -0.39 is 6.10 Å². The van der Waals surface area contributed by atoms with E-state index in [0.717, 1.165) is 30.4 Å². The molecule has 0 bridgehead atoms. The van der Waals surface area contributed by atoms with Crippen molar-refractivity contribution in [2.75, 3.05) is 0 Å². The molecule has 0 saturated carbocycles. The number of rotatable bonds is 9. The van der Waals surface area contributed by atoms with Crippen LogP contribution >= 0.6 is 0 Å². The van der Waals surface area contributed by atoms with Crippen molar-refractivity contribution in [1.29, 1.82) is 0 Å². The summed E-state index contributed by atoms with van der Waals surface area (Å²) in [6, 6.07) is 5.31. The average Bonchev–Trinajstić information content (AvgIpc) is 3.01. The number of carbonyl (C=O) groups is 1. The minimum absolute atomic E-state index is 0.0905. The second kappa shape index (κ2) is 10.2. The molecule has 1 aliphatic rings. The van der Waals surface area contributed by atoms with Gasteiger partial charge in [0.15, 0.2) is 0 Å². The molecule has 1 aromatic carbocycles. The van der Waals surface area contributed by atoms with Crippen molar-refractivity contribution in [3.8, 4) is 0 Å². The molecule has 1 aromatic rings. The highest BCUT2D eigenvalue weighted by Crippen LogP contribution is 2.32. The summed E-state index contributed by atoms with van der Waals surface area (Å²) in [5.41, 5.74) is 5.51. The van der Waals surface area contributed by atoms with Crippen molar-refractivity contribution in [1.82, 2.24) is 0 Å². The fraction of sp³-hybridized carbons (Fsp3) is 0.435.